The zero-order chi connectivity index (χ0) is 11.8. The minimum Gasteiger partial charge on any atom is -0.372 e. The molecule has 0 aliphatic rings. The molecule has 1 N–H and O–H groups in total. The van der Waals surface area contributed by atoms with Crippen molar-refractivity contribution < 1.29 is 13.9 Å². The number of hydrogen-bond acceptors (Lipinski definition) is 3. The number of hydrogen-bond donors (Lipinski definition) is 1. The van der Waals surface area contributed by atoms with Crippen molar-refractivity contribution in [2.24, 2.45) is 0 Å². The number of nitrogens with one attached hydrogen (secondary N) is 1. The number of carbonyl (C=O) groups excluding carboxylic acids is 1. The highest BCUT2D eigenvalue weighted by atomic mass is 19.1. The summed E-state index contributed by atoms with van der Waals surface area (Å²) in [4.78, 5) is 11.5. The molecule has 0 atom stereocenters. The van der Waals surface area contributed by atoms with Crippen LogP contribution in [-0.4, -0.2) is 32.1 Å². The van der Waals surface area contributed by atoms with Gasteiger partial charge in [-0.3, -0.25) is 4.79 Å². The van der Waals surface area contributed by atoms with Gasteiger partial charge in [0.25, 0.3) is 0 Å². The summed E-state index contributed by atoms with van der Waals surface area (Å²) in [5.41, 5.74) is 0.477. The highest BCUT2D eigenvalue weighted by Gasteiger charge is 2.05. The molecule has 4 heteroatoms. The summed E-state index contributed by atoms with van der Waals surface area (Å²) in [6.07, 6.45) is 0. The Morgan fingerprint density at radius 3 is 2.69 bits per heavy atom. The van der Waals surface area contributed by atoms with Crippen LogP contribution in [0.5, 0.6) is 0 Å². The lowest BCUT2D eigenvalue weighted by molar-refractivity contribution is 0.0765. The number of benzene rings is 1. The molecule has 0 radical (unpaired) electrons. The molecule has 0 unspecified atom stereocenters. The predicted octanol–water partition coefficient (Wildman–Crippen LogP) is 1.63. The number of carbonyl (C=O) groups is 1. The van der Waals surface area contributed by atoms with Crippen LogP contribution in [-0.2, 0) is 4.74 Å². The van der Waals surface area contributed by atoms with E-state index in [0.29, 0.717) is 12.2 Å². The largest absolute Gasteiger partial charge is 0.372 e. The minimum absolute atomic E-state index is 0.0387. The Kier molecular flexibility index (Phi) is 5.67. The molecule has 0 aromatic heterocycles. The Balaban J connectivity index is 2.27. The van der Waals surface area contributed by atoms with Crippen molar-refractivity contribution in [1.82, 2.24) is 5.32 Å². The fourth-order valence-corrected chi connectivity index (χ4v) is 1.21. The van der Waals surface area contributed by atoms with Crippen molar-refractivity contribution in [2.45, 2.75) is 6.92 Å². The number of ketones is 1. The van der Waals surface area contributed by atoms with E-state index in [2.05, 4.69) is 5.32 Å². The van der Waals surface area contributed by atoms with Gasteiger partial charge in [-0.1, -0.05) is 6.92 Å². The van der Waals surface area contributed by atoms with E-state index >= 15 is 0 Å². The summed E-state index contributed by atoms with van der Waals surface area (Å²) in [6.45, 7) is 4.16. The lowest BCUT2D eigenvalue weighted by Crippen LogP contribution is -2.20. The van der Waals surface area contributed by atoms with E-state index in [-0.39, 0.29) is 18.2 Å². The van der Waals surface area contributed by atoms with Gasteiger partial charge in [-0.15, -0.1) is 0 Å². The molecule has 0 saturated heterocycles. The van der Waals surface area contributed by atoms with Gasteiger partial charge in [-0.2, -0.15) is 0 Å². The van der Waals surface area contributed by atoms with E-state index in [0.717, 1.165) is 13.1 Å². The summed E-state index contributed by atoms with van der Waals surface area (Å²) >= 11 is 0. The van der Waals surface area contributed by atoms with Crippen LogP contribution in [0.3, 0.4) is 0 Å². The van der Waals surface area contributed by atoms with Gasteiger partial charge in [0, 0.05) is 12.1 Å². The maximum absolute atomic E-state index is 12.6. The van der Waals surface area contributed by atoms with E-state index in [1.54, 1.807) is 0 Å². The third-order valence-corrected chi connectivity index (χ3v) is 2.07. The quantitative estimate of drug-likeness (QED) is 0.566. The summed E-state index contributed by atoms with van der Waals surface area (Å²) in [5.74, 6) is -0.471. The van der Waals surface area contributed by atoms with Gasteiger partial charge in [0.1, 0.15) is 12.4 Å². The normalized spacial score (nSPS) is 10.4. The van der Waals surface area contributed by atoms with E-state index in [1.165, 1.54) is 24.3 Å². The predicted molar refractivity (Wildman–Crippen MR) is 60.1 cm³/mol. The second-order valence-electron chi connectivity index (χ2n) is 3.34. The topological polar surface area (TPSA) is 38.3 Å². The molecular formula is C12H16FNO2. The molecule has 88 valence electrons. The number of ether oxygens (including phenoxy) is 1. The summed E-state index contributed by atoms with van der Waals surface area (Å²) in [7, 11) is 0. The van der Waals surface area contributed by atoms with E-state index < -0.39 is 0 Å². The number of Topliss-reactive ketones (excluding diaryl/α,β-unsaturated/α-hetero) is 1. The van der Waals surface area contributed by atoms with Crippen molar-refractivity contribution in [3.63, 3.8) is 0 Å². The Morgan fingerprint density at radius 1 is 1.38 bits per heavy atom. The Morgan fingerprint density at radius 2 is 2.06 bits per heavy atom. The van der Waals surface area contributed by atoms with Crippen LogP contribution in [0, 0.1) is 5.82 Å². The molecule has 1 rings (SSSR count). The third-order valence-electron chi connectivity index (χ3n) is 2.07. The first-order chi connectivity index (χ1) is 7.74. The summed E-state index contributed by atoms with van der Waals surface area (Å²) in [6, 6.07) is 5.47. The van der Waals surface area contributed by atoms with E-state index in [4.69, 9.17) is 4.74 Å². The Hall–Kier alpha value is -1.26. The molecule has 0 aliphatic carbocycles. The lowest BCUT2D eigenvalue weighted by Gasteiger charge is -2.04. The monoisotopic (exact) mass is 225 g/mol. The zero-order valence-electron chi connectivity index (χ0n) is 9.33. The third kappa shape index (κ3) is 4.51. The average molecular weight is 225 g/mol. The highest BCUT2D eigenvalue weighted by Crippen LogP contribution is 2.03. The first-order valence-electron chi connectivity index (χ1n) is 5.31. The SMILES string of the molecule is CCNCCOCC(=O)c1ccc(F)cc1. The minimum atomic E-state index is -0.343. The van der Waals surface area contributed by atoms with Gasteiger partial charge in [0.05, 0.1) is 6.61 Å². The van der Waals surface area contributed by atoms with Gasteiger partial charge in [-0.25, -0.2) is 4.39 Å². The molecule has 1 aromatic carbocycles. The molecule has 0 heterocycles. The van der Waals surface area contributed by atoms with Gasteiger partial charge in [0.15, 0.2) is 5.78 Å². The van der Waals surface area contributed by atoms with Crippen LogP contribution in [0.2, 0.25) is 0 Å². The molecule has 0 aliphatic heterocycles. The Labute approximate surface area is 94.6 Å². The van der Waals surface area contributed by atoms with Crippen molar-refractivity contribution in [1.29, 1.82) is 0 Å². The molecule has 0 bridgehead atoms. The fourth-order valence-electron chi connectivity index (χ4n) is 1.21. The van der Waals surface area contributed by atoms with Crippen LogP contribution in [0.4, 0.5) is 4.39 Å². The molecule has 0 amide bonds. The molecule has 0 saturated carbocycles. The standard InChI is InChI=1S/C12H16FNO2/c1-2-14-7-8-16-9-12(15)10-3-5-11(13)6-4-10/h3-6,14H,2,7-9H2,1H3. The van der Waals surface area contributed by atoms with E-state index in [9.17, 15) is 9.18 Å². The summed E-state index contributed by atoms with van der Waals surface area (Å²) < 4.78 is 17.8. The molecule has 0 fully saturated rings. The molecule has 16 heavy (non-hydrogen) atoms. The van der Waals surface area contributed by atoms with Gasteiger partial charge >= 0.3 is 0 Å². The van der Waals surface area contributed by atoms with Crippen LogP contribution >= 0.6 is 0 Å². The number of halogens is 1. The number of likely N-dealkylation sites (N-methyl/N-ethyl adjacent to an activating group) is 1. The van der Waals surface area contributed by atoms with Gasteiger partial charge < -0.3 is 10.1 Å². The second kappa shape index (κ2) is 7.09. The zero-order valence-corrected chi connectivity index (χ0v) is 9.33. The first kappa shape index (κ1) is 12.8. The molecular weight excluding hydrogens is 209 g/mol. The van der Waals surface area contributed by atoms with Gasteiger partial charge in [0.2, 0.25) is 0 Å². The highest BCUT2D eigenvalue weighted by molar-refractivity contribution is 5.96. The maximum Gasteiger partial charge on any atom is 0.188 e. The van der Waals surface area contributed by atoms with Crippen LogP contribution in [0.1, 0.15) is 17.3 Å². The lowest BCUT2D eigenvalue weighted by atomic mass is 10.1. The van der Waals surface area contributed by atoms with Crippen LogP contribution in [0.25, 0.3) is 0 Å². The maximum atomic E-state index is 12.6. The first-order valence-corrected chi connectivity index (χ1v) is 5.31. The Bertz CT molecular complexity index is 324. The second-order valence-corrected chi connectivity index (χ2v) is 3.34. The van der Waals surface area contributed by atoms with E-state index in [1.807, 2.05) is 6.92 Å². The average Bonchev–Trinajstić information content (AvgIpc) is 2.29. The summed E-state index contributed by atoms with van der Waals surface area (Å²) in [5, 5.41) is 3.08. The van der Waals surface area contributed by atoms with Crippen LogP contribution in [0.15, 0.2) is 24.3 Å². The molecule has 1 aromatic rings. The van der Waals surface area contributed by atoms with Crippen molar-refractivity contribution in [3.8, 4) is 0 Å². The smallest absolute Gasteiger partial charge is 0.188 e. The van der Waals surface area contributed by atoms with Crippen LogP contribution < -0.4 is 5.32 Å². The van der Waals surface area contributed by atoms with Crippen molar-refractivity contribution >= 4 is 5.78 Å². The fraction of sp³-hybridized carbons (Fsp3) is 0.417. The number of rotatable bonds is 7. The molecule has 3 nitrogen and oxygen atoms in total. The van der Waals surface area contributed by atoms with Gasteiger partial charge in [-0.05, 0) is 30.8 Å². The van der Waals surface area contributed by atoms with Crippen molar-refractivity contribution in [2.75, 3.05) is 26.3 Å². The molecule has 0 spiro atoms. The van der Waals surface area contributed by atoms with Crippen molar-refractivity contribution in [3.05, 3.63) is 35.6 Å².